The summed E-state index contributed by atoms with van der Waals surface area (Å²) in [6.45, 7) is 6.73. The SMILES string of the molecule is COc1cc(C2C3=C(CC(C)(C)CC3=O)Nc3nc(SCc4ccccc4Cl)nn32)ccc1OCc1ccc(C)cc1. The Hall–Kier alpha value is -3.75. The summed E-state index contributed by atoms with van der Waals surface area (Å²) in [5.41, 5.74) is 5.65. The van der Waals surface area contributed by atoms with Gasteiger partial charge in [0.05, 0.1) is 7.11 Å². The van der Waals surface area contributed by atoms with Crippen molar-refractivity contribution in [2.45, 2.75) is 57.2 Å². The second-order valence-corrected chi connectivity index (χ2v) is 12.9. The third kappa shape index (κ3) is 5.78. The highest BCUT2D eigenvalue weighted by molar-refractivity contribution is 7.98. The number of ether oxygens (including phenoxy) is 2. The van der Waals surface area contributed by atoms with Gasteiger partial charge in [0.1, 0.15) is 12.6 Å². The fourth-order valence-corrected chi connectivity index (χ4v) is 6.65. The van der Waals surface area contributed by atoms with Gasteiger partial charge in [-0.1, -0.05) is 91.3 Å². The summed E-state index contributed by atoms with van der Waals surface area (Å²) in [4.78, 5) is 18.5. The number of Topliss-reactive ketones (excluding diaryl/α,β-unsaturated/α-hetero) is 1. The first-order valence-electron chi connectivity index (χ1n) is 13.9. The van der Waals surface area contributed by atoms with Crippen molar-refractivity contribution in [3.8, 4) is 11.5 Å². The lowest BCUT2D eigenvalue weighted by Gasteiger charge is -2.38. The average Bonchev–Trinajstić information content (AvgIpc) is 3.37. The number of aryl methyl sites for hydroxylation is 1. The van der Waals surface area contributed by atoms with Gasteiger partial charge in [-0.25, -0.2) is 4.68 Å². The van der Waals surface area contributed by atoms with E-state index >= 15 is 0 Å². The smallest absolute Gasteiger partial charge is 0.227 e. The second kappa shape index (κ2) is 11.5. The Morgan fingerprint density at radius 3 is 2.62 bits per heavy atom. The summed E-state index contributed by atoms with van der Waals surface area (Å²) in [6, 6.07) is 21.4. The number of carbonyl (C=O) groups is 1. The van der Waals surface area contributed by atoms with Crippen LogP contribution in [0.15, 0.2) is 83.2 Å². The molecule has 4 aromatic rings. The van der Waals surface area contributed by atoms with Crippen LogP contribution in [0.3, 0.4) is 0 Å². The molecule has 6 rings (SSSR count). The van der Waals surface area contributed by atoms with E-state index in [0.29, 0.717) is 46.4 Å². The molecule has 3 aromatic carbocycles. The molecule has 2 heterocycles. The van der Waals surface area contributed by atoms with E-state index in [9.17, 15) is 4.79 Å². The molecule has 1 aliphatic heterocycles. The number of hydrogen-bond donors (Lipinski definition) is 1. The highest BCUT2D eigenvalue weighted by Gasteiger charge is 2.42. The summed E-state index contributed by atoms with van der Waals surface area (Å²) >= 11 is 7.90. The summed E-state index contributed by atoms with van der Waals surface area (Å²) < 4.78 is 13.7. The summed E-state index contributed by atoms with van der Waals surface area (Å²) in [7, 11) is 1.63. The number of nitrogens with zero attached hydrogens (tertiary/aromatic N) is 3. The lowest BCUT2D eigenvalue weighted by molar-refractivity contribution is -0.118. The molecular formula is C33H33ClN4O3S. The quantitative estimate of drug-likeness (QED) is 0.207. The van der Waals surface area contributed by atoms with Crippen molar-refractivity contribution in [3.63, 3.8) is 0 Å². The van der Waals surface area contributed by atoms with Gasteiger partial charge in [-0.2, -0.15) is 4.98 Å². The first-order chi connectivity index (χ1) is 20.2. The molecule has 2 aliphatic rings. The number of rotatable bonds is 8. The van der Waals surface area contributed by atoms with E-state index in [-0.39, 0.29) is 11.2 Å². The zero-order chi connectivity index (χ0) is 29.4. The van der Waals surface area contributed by atoms with Crippen LogP contribution < -0.4 is 14.8 Å². The minimum atomic E-state index is -0.443. The summed E-state index contributed by atoms with van der Waals surface area (Å²) in [5, 5.41) is 9.66. The van der Waals surface area contributed by atoms with Crippen LogP contribution in [-0.2, 0) is 17.2 Å². The molecule has 7 nitrogen and oxygen atoms in total. The molecule has 1 N–H and O–H groups in total. The van der Waals surface area contributed by atoms with E-state index in [1.165, 1.54) is 17.3 Å². The van der Waals surface area contributed by atoms with Crippen LogP contribution in [0.1, 0.15) is 55.0 Å². The van der Waals surface area contributed by atoms with Crippen molar-refractivity contribution in [2.24, 2.45) is 5.41 Å². The van der Waals surface area contributed by atoms with Crippen LogP contribution in [0.4, 0.5) is 5.95 Å². The molecule has 1 atom stereocenters. The molecule has 0 saturated heterocycles. The number of benzene rings is 3. The number of halogens is 1. The number of ketones is 1. The Bertz CT molecular complexity index is 1680. The van der Waals surface area contributed by atoms with E-state index in [1.54, 1.807) is 7.11 Å². The van der Waals surface area contributed by atoms with Crippen molar-refractivity contribution in [2.75, 3.05) is 12.4 Å². The first-order valence-corrected chi connectivity index (χ1v) is 15.3. The third-order valence-electron chi connectivity index (χ3n) is 7.65. The number of allylic oxidation sites excluding steroid dienone is 2. The van der Waals surface area contributed by atoms with Crippen molar-refractivity contribution in [3.05, 3.63) is 105 Å². The summed E-state index contributed by atoms with van der Waals surface area (Å²) in [5.74, 6) is 2.59. The Morgan fingerprint density at radius 1 is 1.07 bits per heavy atom. The number of nitrogens with one attached hydrogen (secondary N) is 1. The average molecular weight is 601 g/mol. The zero-order valence-electron chi connectivity index (χ0n) is 24.1. The number of thioether (sulfide) groups is 1. The number of anilines is 1. The maximum atomic E-state index is 13.7. The fraction of sp³-hybridized carbons (Fsp3) is 0.303. The van der Waals surface area contributed by atoms with Crippen LogP contribution in [0.2, 0.25) is 5.02 Å². The van der Waals surface area contributed by atoms with Gasteiger partial charge in [0.25, 0.3) is 0 Å². The number of methoxy groups -OCH3 is 1. The topological polar surface area (TPSA) is 78.3 Å². The summed E-state index contributed by atoms with van der Waals surface area (Å²) in [6.07, 6.45) is 1.21. The number of carbonyl (C=O) groups excluding carboxylic acids is 1. The number of hydrogen-bond acceptors (Lipinski definition) is 7. The lowest BCUT2D eigenvalue weighted by atomic mass is 9.73. The van der Waals surface area contributed by atoms with Crippen LogP contribution >= 0.6 is 23.4 Å². The lowest BCUT2D eigenvalue weighted by Crippen LogP contribution is -2.36. The fourth-order valence-electron chi connectivity index (χ4n) is 5.54. The molecule has 0 bridgehead atoms. The monoisotopic (exact) mass is 600 g/mol. The molecule has 1 aromatic heterocycles. The Labute approximate surface area is 255 Å². The largest absolute Gasteiger partial charge is 0.493 e. The number of fused-ring (bicyclic) bond motifs is 1. The zero-order valence-corrected chi connectivity index (χ0v) is 25.7. The molecule has 1 aliphatic carbocycles. The predicted octanol–water partition coefficient (Wildman–Crippen LogP) is 7.78. The highest BCUT2D eigenvalue weighted by atomic mass is 35.5. The highest BCUT2D eigenvalue weighted by Crippen LogP contribution is 2.47. The van der Waals surface area contributed by atoms with Gasteiger partial charge in [0, 0.05) is 28.5 Å². The third-order valence-corrected chi connectivity index (χ3v) is 8.90. The number of aromatic nitrogens is 3. The Morgan fingerprint density at radius 2 is 1.86 bits per heavy atom. The molecule has 9 heteroatoms. The van der Waals surface area contributed by atoms with E-state index < -0.39 is 6.04 Å². The second-order valence-electron chi connectivity index (χ2n) is 11.6. The molecule has 216 valence electrons. The van der Waals surface area contributed by atoms with Gasteiger partial charge in [0.2, 0.25) is 11.1 Å². The van der Waals surface area contributed by atoms with Crippen LogP contribution in [0.25, 0.3) is 0 Å². The van der Waals surface area contributed by atoms with Crippen molar-refractivity contribution < 1.29 is 14.3 Å². The normalized spacial score (nSPS) is 17.4. The molecule has 0 spiro atoms. The maximum Gasteiger partial charge on any atom is 0.227 e. The van der Waals surface area contributed by atoms with Gasteiger partial charge >= 0.3 is 0 Å². The predicted molar refractivity (Wildman–Crippen MR) is 166 cm³/mol. The van der Waals surface area contributed by atoms with E-state index in [1.807, 2.05) is 47.1 Å². The Balaban J connectivity index is 1.34. The van der Waals surface area contributed by atoms with Gasteiger partial charge < -0.3 is 14.8 Å². The van der Waals surface area contributed by atoms with Crippen LogP contribution in [0.5, 0.6) is 11.5 Å². The first kappa shape index (κ1) is 28.4. The van der Waals surface area contributed by atoms with E-state index in [4.69, 9.17) is 31.2 Å². The van der Waals surface area contributed by atoms with Crippen molar-refractivity contribution in [1.82, 2.24) is 14.8 Å². The van der Waals surface area contributed by atoms with Gasteiger partial charge in [0.15, 0.2) is 17.3 Å². The molecule has 0 saturated carbocycles. The molecule has 0 amide bonds. The maximum absolute atomic E-state index is 13.7. The van der Waals surface area contributed by atoms with Gasteiger partial charge in [-0.05, 0) is 53.6 Å². The minimum Gasteiger partial charge on any atom is -0.493 e. The van der Waals surface area contributed by atoms with Crippen molar-refractivity contribution in [1.29, 1.82) is 0 Å². The van der Waals surface area contributed by atoms with Crippen LogP contribution in [0, 0.1) is 12.3 Å². The molecule has 42 heavy (non-hydrogen) atoms. The van der Waals surface area contributed by atoms with E-state index in [2.05, 4.69) is 50.4 Å². The molecular weight excluding hydrogens is 568 g/mol. The van der Waals surface area contributed by atoms with Crippen molar-refractivity contribution >= 4 is 35.1 Å². The molecule has 0 radical (unpaired) electrons. The van der Waals surface area contributed by atoms with Crippen LogP contribution in [-0.4, -0.2) is 27.7 Å². The van der Waals surface area contributed by atoms with Gasteiger partial charge in [-0.3, -0.25) is 4.79 Å². The minimum absolute atomic E-state index is 0.115. The standard InChI is InChI=1S/C33H33ClN4O3S/c1-20-9-11-21(12-10-20)18-41-27-14-13-22(15-28(27)40-4)30-29-25(16-33(2,3)17-26(29)39)35-31-36-32(37-38(30)31)42-19-23-7-5-6-8-24(23)34/h5-15,30H,16-19H2,1-4H3,(H,35,36,37). The van der Waals surface area contributed by atoms with E-state index in [0.717, 1.165) is 34.4 Å². The molecule has 1 unspecified atom stereocenters. The Kier molecular flexibility index (Phi) is 7.77. The van der Waals surface area contributed by atoms with Gasteiger partial charge in [-0.15, -0.1) is 5.10 Å². The molecule has 0 fully saturated rings.